The number of rotatable bonds is 3. The van der Waals surface area contributed by atoms with Crippen molar-refractivity contribution >= 4 is 14.7 Å². The van der Waals surface area contributed by atoms with Crippen molar-refractivity contribution in [1.29, 1.82) is 0 Å². The van der Waals surface area contributed by atoms with Gasteiger partial charge in [0, 0.05) is 0 Å². The third-order valence-corrected chi connectivity index (χ3v) is 4.29. The Morgan fingerprint density at radius 3 is 2.55 bits per heavy atom. The number of hydrogen-bond donors (Lipinski definition) is 0. The zero-order valence-corrected chi connectivity index (χ0v) is 8.72. The molecule has 0 nitrogen and oxygen atoms in total. The van der Waals surface area contributed by atoms with Gasteiger partial charge in [0.05, 0.1) is 9.52 Å². The minimum absolute atomic E-state index is 0.0211. The second-order valence-electron chi connectivity index (χ2n) is 3.34. The quantitative estimate of drug-likeness (QED) is 0.590. The van der Waals surface area contributed by atoms with Crippen LogP contribution in [0.4, 0.5) is 0 Å². The Morgan fingerprint density at radius 2 is 2.00 bits per heavy atom. The van der Waals surface area contributed by atoms with Crippen LogP contribution in [0.3, 0.4) is 0 Å². The highest BCUT2D eigenvalue weighted by Gasteiger charge is 1.95. The Morgan fingerprint density at radius 1 is 1.36 bits per heavy atom. The maximum absolute atomic E-state index is 3.04. The molecule has 59 valence electrons. The largest absolute Gasteiger partial charge is 0.0669 e. The van der Waals surface area contributed by atoms with E-state index in [2.05, 4.69) is 32.0 Å². The molecule has 1 aromatic carbocycles. The van der Waals surface area contributed by atoms with Crippen LogP contribution in [0.25, 0.3) is 0 Å². The van der Waals surface area contributed by atoms with E-state index in [-0.39, 0.29) is 9.52 Å². The van der Waals surface area contributed by atoms with Crippen molar-refractivity contribution in [3.05, 3.63) is 30.3 Å². The second-order valence-corrected chi connectivity index (χ2v) is 5.23. The molecular weight excluding hydrogens is 148 g/mol. The molecule has 0 heterocycles. The van der Waals surface area contributed by atoms with Crippen LogP contribution in [-0.4, -0.2) is 9.52 Å². The van der Waals surface area contributed by atoms with E-state index in [1.54, 1.807) is 5.19 Å². The van der Waals surface area contributed by atoms with Gasteiger partial charge in [-0.1, -0.05) is 49.3 Å². The maximum atomic E-state index is 3.04. The summed E-state index contributed by atoms with van der Waals surface area (Å²) in [5.41, 5.74) is 0. The molecule has 0 saturated heterocycles. The summed E-state index contributed by atoms with van der Waals surface area (Å²) in [4.78, 5) is 0. The van der Waals surface area contributed by atoms with Crippen molar-refractivity contribution < 1.29 is 0 Å². The van der Waals surface area contributed by atoms with Gasteiger partial charge < -0.3 is 0 Å². The summed E-state index contributed by atoms with van der Waals surface area (Å²) in [7, 11) is 0.0211. The molecule has 0 atom stereocenters. The fourth-order valence-electron chi connectivity index (χ4n) is 1.04. The van der Waals surface area contributed by atoms with E-state index in [9.17, 15) is 0 Å². The molecule has 0 aliphatic carbocycles. The fraction of sp³-hybridized carbons (Fsp3) is 0.400. The lowest BCUT2D eigenvalue weighted by molar-refractivity contribution is 0.732. The van der Waals surface area contributed by atoms with Crippen LogP contribution in [0.1, 0.15) is 13.8 Å². The Labute approximate surface area is 71.5 Å². The highest BCUT2D eigenvalue weighted by atomic mass is 28.2. The maximum Gasteiger partial charge on any atom is 0.0550 e. The monoisotopic (exact) mass is 163 g/mol. The van der Waals surface area contributed by atoms with Crippen molar-refractivity contribution in [2.24, 2.45) is 5.92 Å². The first kappa shape index (κ1) is 8.53. The number of benzene rings is 1. The molecule has 0 bridgehead atoms. The van der Waals surface area contributed by atoms with Crippen LogP contribution in [0.5, 0.6) is 0 Å². The van der Waals surface area contributed by atoms with Gasteiger partial charge in [0.2, 0.25) is 0 Å². The smallest absolute Gasteiger partial charge is 0.0550 e. The predicted molar refractivity (Wildman–Crippen MR) is 53.1 cm³/mol. The van der Waals surface area contributed by atoms with Crippen molar-refractivity contribution in [2.45, 2.75) is 19.9 Å². The average molecular weight is 163 g/mol. The zero-order valence-electron chi connectivity index (χ0n) is 7.30. The van der Waals surface area contributed by atoms with Gasteiger partial charge in [-0.25, -0.2) is 0 Å². The summed E-state index contributed by atoms with van der Waals surface area (Å²) in [5, 5.41) is 1.57. The zero-order chi connectivity index (χ0) is 8.10. The van der Waals surface area contributed by atoms with E-state index in [0.29, 0.717) is 0 Å². The first-order valence-electron chi connectivity index (χ1n) is 4.24. The van der Waals surface area contributed by atoms with Gasteiger partial charge in [-0.15, -0.1) is 0 Å². The van der Waals surface area contributed by atoms with E-state index in [1.807, 2.05) is 12.1 Å². The van der Waals surface area contributed by atoms with E-state index in [1.165, 1.54) is 6.04 Å². The van der Waals surface area contributed by atoms with Crippen LogP contribution < -0.4 is 5.19 Å². The standard InChI is InChI=1S/C10H15Si/c1-9(2)8-11-10-6-4-3-5-7-10/h4-7,9H,8,11H2,1-2H3. The van der Waals surface area contributed by atoms with E-state index < -0.39 is 0 Å². The van der Waals surface area contributed by atoms with Crippen molar-refractivity contribution in [3.63, 3.8) is 0 Å². The van der Waals surface area contributed by atoms with Gasteiger partial charge in [0.25, 0.3) is 0 Å². The first-order chi connectivity index (χ1) is 5.29. The Balaban J connectivity index is 2.39. The third-order valence-electron chi connectivity index (χ3n) is 1.80. The van der Waals surface area contributed by atoms with Crippen LogP contribution in [0.2, 0.25) is 6.04 Å². The van der Waals surface area contributed by atoms with Gasteiger partial charge in [-0.3, -0.25) is 0 Å². The van der Waals surface area contributed by atoms with Crippen molar-refractivity contribution in [3.8, 4) is 0 Å². The highest BCUT2D eigenvalue weighted by molar-refractivity contribution is 6.53. The lowest BCUT2D eigenvalue weighted by Gasteiger charge is -2.02. The van der Waals surface area contributed by atoms with Gasteiger partial charge in [-0.2, -0.15) is 0 Å². The molecule has 1 rings (SSSR count). The molecule has 0 fully saturated rings. The van der Waals surface area contributed by atoms with E-state index in [4.69, 9.17) is 0 Å². The SMILES string of the molecule is CC(C)C[SiH2]c1cc[c]cc1. The van der Waals surface area contributed by atoms with Crippen LogP contribution in [0.15, 0.2) is 24.3 Å². The Kier molecular flexibility index (Phi) is 3.37. The minimum Gasteiger partial charge on any atom is -0.0669 e. The van der Waals surface area contributed by atoms with Gasteiger partial charge in [0.15, 0.2) is 0 Å². The Bertz CT molecular complexity index is 191. The lowest BCUT2D eigenvalue weighted by Crippen LogP contribution is -2.14. The molecule has 11 heavy (non-hydrogen) atoms. The molecule has 0 aromatic heterocycles. The lowest BCUT2D eigenvalue weighted by atomic mass is 10.3. The number of hydrogen-bond acceptors (Lipinski definition) is 0. The molecule has 0 aliphatic heterocycles. The molecule has 0 saturated carbocycles. The van der Waals surface area contributed by atoms with E-state index >= 15 is 0 Å². The predicted octanol–water partition coefficient (Wildman–Crippen LogP) is 1.36. The van der Waals surface area contributed by atoms with Gasteiger partial charge in [-0.05, 0) is 12.0 Å². The molecule has 1 heteroatoms. The molecular formula is C10H15Si. The topological polar surface area (TPSA) is 0 Å². The summed E-state index contributed by atoms with van der Waals surface area (Å²) < 4.78 is 0. The summed E-state index contributed by atoms with van der Waals surface area (Å²) in [6, 6.07) is 12.9. The Hall–Kier alpha value is -0.563. The average Bonchev–Trinajstić information content (AvgIpc) is 2.03. The first-order valence-corrected chi connectivity index (χ1v) is 5.94. The molecule has 0 aliphatic rings. The van der Waals surface area contributed by atoms with E-state index in [0.717, 1.165) is 5.92 Å². The molecule has 0 N–H and O–H groups in total. The summed E-state index contributed by atoms with van der Waals surface area (Å²) in [6.45, 7) is 4.59. The van der Waals surface area contributed by atoms with Crippen molar-refractivity contribution in [2.75, 3.05) is 0 Å². The fourth-order valence-corrected chi connectivity index (χ4v) is 2.52. The molecule has 1 radical (unpaired) electrons. The van der Waals surface area contributed by atoms with Gasteiger partial charge in [0.1, 0.15) is 0 Å². The second kappa shape index (κ2) is 4.34. The van der Waals surface area contributed by atoms with Crippen LogP contribution in [-0.2, 0) is 0 Å². The molecule has 0 spiro atoms. The van der Waals surface area contributed by atoms with Gasteiger partial charge >= 0.3 is 0 Å². The molecule has 0 amide bonds. The van der Waals surface area contributed by atoms with Crippen LogP contribution in [0, 0.1) is 12.0 Å². The summed E-state index contributed by atoms with van der Waals surface area (Å²) >= 11 is 0. The normalized spacial score (nSPS) is 11.5. The molecule has 0 unspecified atom stereocenters. The summed E-state index contributed by atoms with van der Waals surface area (Å²) in [5.74, 6) is 0.867. The summed E-state index contributed by atoms with van der Waals surface area (Å²) in [6.07, 6.45) is 0. The highest BCUT2D eigenvalue weighted by Crippen LogP contribution is 1.97. The van der Waals surface area contributed by atoms with Crippen molar-refractivity contribution in [1.82, 2.24) is 0 Å². The molecule has 1 aromatic rings. The minimum atomic E-state index is 0.0211. The van der Waals surface area contributed by atoms with Crippen LogP contribution >= 0.6 is 0 Å². The third kappa shape index (κ3) is 3.37.